The zero-order valence-corrected chi connectivity index (χ0v) is 14.0. The summed E-state index contributed by atoms with van der Waals surface area (Å²) in [5.74, 6) is 0. The molecule has 0 spiro atoms. The van der Waals surface area contributed by atoms with Crippen molar-refractivity contribution in [2.75, 3.05) is 0 Å². The van der Waals surface area contributed by atoms with Crippen molar-refractivity contribution in [3.05, 3.63) is 84.5 Å². The SMILES string of the molecule is C=CC/C(=C/c1ccccc1)C[Si](C)(C)c1ccccc1. The van der Waals surface area contributed by atoms with E-state index in [-0.39, 0.29) is 0 Å². The Morgan fingerprint density at radius 3 is 2.10 bits per heavy atom. The first-order chi connectivity index (χ1) is 10.1. The van der Waals surface area contributed by atoms with Gasteiger partial charge >= 0.3 is 0 Å². The molecule has 0 fully saturated rings. The van der Waals surface area contributed by atoms with Crippen molar-refractivity contribution in [3.63, 3.8) is 0 Å². The van der Waals surface area contributed by atoms with Crippen LogP contribution in [0.5, 0.6) is 0 Å². The molecule has 0 unspecified atom stereocenters. The number of allylic oxidation sites excluding steroid dienone is 2. The lowest BCUT2D eigenvalue weighted by atomic mass is 10.1. The molecule has 0 heterocycles. The molecule has 0 nitrogen and oxygen atoms in total. The van der Waals surface area contributed by atoms with Gasteiger partial charge in [0.15, 0.2) is 0 Å². The van der Waals surface area contributed by atoms with Crippen LogP contribution in [0.1, 0.15) is 12.0 Å². The van der Waals surface area contributed by atoms with Crippen molar-refractivity contribution in [2.24, 2.45) is 0 Å². The van der Waals surface area contributed by atoms with Gasteiger partial charge < -0.3 is 0 Å². The molecule has 0 aliphatic carbocycles. The van der Waals surface area contributed by atoms with Crippen LogP contribution in [0.2, 0.25) is 19.1 Å². The van der Waals surface area contributed by atoms with Gasteiger partial charge in [0.1, 0.15) is 0 Å². The Morgan fingerprint density at radius 2 is 1.52 bits per heavy atom. The van der Waals surface area contributed by atoms with Crippen molar-refractivity contribution < 1.29 is 0 Å². The van der Waals surface area contributed by atoms with Crippen molar-refractivity contribution in [3.8, 4) is 0 Å². The molecule has 0 amide bonds. The van der Waals surface area contributed by atoms with Gasteiger partial charge in [0.2, 0.25) is 0 Å². The molecule has 2 rings (SSSR count). The average molecular weight is 292 g/mol. The summed E-state index contributed by atoms with van der Waals surface area (Å²) < 4.78 is 0. The van der Waals surface area contributed by atoms with Gasteiger partial charge in [-0.05, 0) is 18.0 Å². The maximum atomic E-state index is 3.92. The first kappa shape index (κ1) is 15.5. The van der Waals surface area contributed by atoms with Crippen LogP contribution in [-0.4, -0.2) is 8.07 Å². The number of benzene rings is 2. The molecule has 2 aromatic carbocycles. The Hall–Kier alpha value is -1.86. The Morgan fingerprint density at radius 1 is 0.952 bits per heavy atom. The van der Waals surface area contributed by atoms with Gasteiger partial charge in [0.05, 0.1) is 8.07 Å². The van der Waals surface area contributed by atoms with E-state index in [1.54, 1.807) is 0 Å². The van der Waals surface area contributed by atoms with Crippen LogP contribution >= 0.6 is 0 Å². The minimum Gasteiger partial charge on any atom is -0.103 e. The molecule has 1 heteroatoms. The van der Waals surface area contributed by atoms with E-state index in [1.807, 2.05) is 6.08 Å². The van der Waals surface area contributed by atoms with Crippen LogP contribution < -0.4 is 5.19 Å². The lowest BCUT2D eigenvalue weighted by Crippen LogP contribution is -2.41. The molecule has 0 atom stereocenters. The number of hydrogen-bond donors (Lipinski definition) is 0. The molecule has 0 saturated carbocycles. The summed E-state index contributed by atoms with van der Waals surface area (Å²) in [5.41, 5.74) is 2.77. The van der Waals surface area contributed by atoms with E-state index in [2.05, 4.69) is 86.4 Å². The Kier molecular flexibility index (Phi) is 5.35. The van der Waals surface area contributed by atoms with Crippen molar-refractivity contribution in [1.82, 2.24) is 0 Å². The van der Waals surface area contributed by atoms with Gasteiger partial charge in [-0.2, -0.15) is 0 Å². The smallest absolute Gasteiger partial charge is 0.0846 e. The second kappa shape index (κ2) is 7.23. The lowest BCUT2D eigenvalue weighted by molar-refractivity contribution is 1.20. The third-order valence-electron chi connectivity index (χ3n) is 3.80. The third-order valence-corrected chi connectivity index (χ3v) is 7.04. The maximum Gasteiger partial charge on any atom is 0.0846 e. The third kappa shape index (κ3) is 4.57. The quantitative estimate of drug-likeness (QED) is 0.503. The fraction of sp³-hybridized carbons (Fsp3) is 0.200. The molecule has 0 saturated heterocycles. The molecule has 0 aromatic heterocycles. The Balaban J connectivity index is 2.24. The summed E-state index contributed by atoms with van der Waals surface area (Å²) in [6.07, 6.45) is 5.32. The van der Waals surface area contributed by atoms with Crippen molar-refractivity contribution in [1.29, 1.82) is 0 Å². The van der Waals surface area contributed by atoms with E-state index in [1.165, 1.54) is 22.4 Å². The normalized spacial score (nSPS) is 12.2. The molecule has 0 aliphatic rings. The van der Waals surface area contributed by atoms with E-state index >= 15 is 0 Å². The predicted octanol–water partition coefficient (Wildman–Crippen LogP) is 5.26. The minimum atomic E-state index is -1.45. The van der Waals surface area contributed by atoms with Crippen LogP contribution in [0.15, 0.2) is 78.9 Å². The first-order valence-corrected chi connectivity index (χ1v) is 10.7. The monoisotopic (exact) mass is 292 g/mol. The predicted molar refractivity (Wildman–Crippen MR) is 97.6 cm³/mol. The summed E-state index contributed by atoms with van der Waals surface area (Å²) in [5, 5.41) is 1.52. The highest BCUT2D eigenvalue weighted by molar-refractivity contribution is 6.90. The Labute approximate surface area is 129 Å². The Bertz CT molecular complexity index is 594. The van der Waals surface area contributed by atoms with E-state index in [4.69, 9.17) is 0 Å². The van der Waals surface area contributed by atoms with Gasteiger partial charge in [-0.25, -0.2) is 0 Å². The van der Waals surface area contributed by atoms with Gasteiger partial charge in [0, 0.05) is 0 Å². The van der Waals surface area contributed by atoms with Crippen molar-refractivity contribution >= 4 is 19.3 Å². The second-order valence-corrected chi connectivity index (χ2v) is 10.8. The highest BCUT2D eigenvalue weighted by Gasteiger charge is 2.24. The van der Waals surface area contributed by atoms with Gasteiger partial charge in [0.25, 0.3) is 0 Å². The number of hydrogen-bond acceptors (Lipinski definition) is 0. The van der Waals surface area contributed by atoms with E-state index < -0.39 is 8.07 Å². The molecule has 0 bridgehead atoms. The highest BCUT2D eigenvalue weighted by Crippen LogP contribution is 2.22. The first-order valence-electron chi connectivity index (χ1n) is 7.53. The molecule has 0 aliphatic heterocycles. The van der Waals surface area contributed by atoms with E-state index in [0.717, 1.165) is 6.42 Å². The van der Waals surface area contributed by atoms with Gasteiger partial charge in [-0.3, -0.25) is 0 Å². The number of rotatable bonds is 6. The average Bonchev–Trinajstić information content (AvgIpc) is 2.49. The molecular weight excluding hydrogens is 268 g/mol. The molecule has 2 aromatic rings. The fourth-order valence-electron chi connectivity index (χ4n) is 2.71. The molecule has 0 N–H and O–H groups in total. The summed E-state index contributed by atoms with van der Waals surface area (Å²) >= 11 is 0. The van der Waals surface area contributed by atoms with Crippen LogP contribution in [0, 0.1) is 0 Å². The standard InChI is InChI=1S/C20H24Si/c1-4-11-19(16-18-12-7-5-8-13-18)17-21(2,3)20-14-9-6-10-15-20/h4-10,12-16H,1,11,17H2,2-3H3/b19-16-. The topological polar surface area (TPSA) is 0 Å². The largest absolute Gasteiger partial charge is 0.103 e. The zero-order chi connectivity index (χ0) is 15.1. The van der Waals surface area contributed by atoms with Gasteiger partial charge in [-0.15, -0.1) is 6.58 Å². The molecule has 21 heavy (non-hydrogen) atoms. The van der Waals surface area contributed by atoms with Crippen molar-refractivity contribution in [2.45, 2.75) is 25.6 Å². The minimum absolute atomic E-state index is 0.970. The van der Waals surface area contributed by atoms with E-state index in [9.17, 15) is 0 Å². The van der Waals surface area contributed by atoms with Crippen LogP contribution in [-0.2, 0) is 0 Å². The van der Waals surface area contributed by atoms with Crippen LogP contribution in [0.3, 0.4) is 0 Å². The maximum absolute atomic E-state index is 3.92. The van der Waals surface area contributed by atoms with Crippen LogP contribution in [0.25, 0.3) is 6.08 Å². The van der Waals surface area contributed by atoms with Crippen LogP contribution in [0.4, 0.5) is 0 Å². The summed E-state index contributed by atoms with van der Waals surface area (Å²) in [6, 6.07) is 22.7. The summed E-state index contributed by atoms with van der Waals surface area (Å²) in [4.78, 5) is 0. The molecular formula is C20H24Si. The molecule has 108 valence electrons. The highest BCUT2D eigenvalue weighted by atomic mass is 28.3. The van der Waals surface area contributed by atoms with Gasteiger partial charge in [-0.1, -0.05) is 96.7 Å². The second-order valence-electron chi connectivity index (χ2n) is 6.13. The fourth-order valence-corrected chi connectivity index (χ4v) is 5.39. The lowest BCUT2D eigenvalue weighted by Gasteiger charge is -2.24. The van der Waals surface area contributed by atoms with E-state index in [0.29, 0.717) is 0 Å². The molecule has 0 radical (unpaired) electrons. The summed E-state index contributed by atoms with van der Waals surface area (Å²) in [7, 11) is -1.45. The summed E-state index contributed by atoms with van der Waals surface area (Å²) in [6.45, 7) is 8.82. The zero-order valence-electron chi connectivity index (χ0n) is 13.0.